The molecule has 1 aromatic rings. The zero-order chi connectivity index (χ0) is 14.3. The number of hydrogen-bond donors (Lipinski definition) is 0. The van der Waals surface area contributed by atoms with Crippen molar-refractivity contribution < 1.29 is 14.3 Å². The van der Waals surface area contributed by atoms with Crippen LogP contribution in [0, 0.1) is 5.92 Å². The highest BCUT2D eigenvalue weighted by Gasteiger charge is 2.20. The molecule has 0 bridgehead atoms. The first kappa shape index (κ1) is 15.4. The van der Waals surface area contributed by atoms with Crippen molar-refractivity contribution in [1.29, 1.82) is 0 Å². The number of thiophene rings is 1. The summed E-state index contributed by atoms with van der Waals surface area (Å²) < 4.78 is 4.68. The lowest BCUT2D eigenvalue weighted by Gasteiger charge is -2.23. The molecule has 104 valence electrons. The number of esters is 1. The summed E-state index contributed by atoms with van der Waals surface area (Å²) in [5.41, 5.74) is 0. The first-order valence-electron chi connectivity index (χ1n) is 6.07. The standard InChI is InChI=1S/C14H19NO3S/c1-4-7-15(10-11(2)14(17)18-3)13(16)9-12-6-5-8-19-12/h4-6,8,11H,1,7,9-10H2,2-3H3. The molecule has 0 aliphatic rings. The Morgan fingerprint density at radius 1 is 1.58 bits per heavy atom. The highest BCUT2D eigenvalue weighted by atomic mass is 32.1. The molecule has 0 saturated heterocycles. The molecule has 0 aromatic carbocycles. The fraction of sp³-hybridized carbons (Fsp3) is 0.429. The Hall–Kier alpha value is -1.62. The van der Waals surface area contributed by atoms with Crippen molar-refractivity contribution in [1.82, 2.24) is 4.90 Å². The summed E-state index contributed by atoms with van der Waals surface area (Å²) in [6, 6.07) is 3.85. The number of carbonyl (C=O) groups is 2. The molecule has 1 amide bonds. The van der Waals surface area contributed by atoms with Gasteiger partial charge < -0.3 is 9.64 Å². The third-order valence-corrected chi connectivity index (χ3v) is 3.58. The van der Waals surface area contributed by atoms with Crippen LogP contribution in [0.2, 0.25) is 0 Å². The maximum absolute atomic E-state index is 12.2. The van der Waals surface area contributed by atoms with Crippen LogP contribution in [0.3, 0.4) is 0 Å². The van der Waals surface area contributed by atoms with Gasteiger partial charge in [-0.05, 0) is 11.4 Å². The normalized spacial score (nSPS) is 11.7. The maximum Gasteiger partial charge on any atom is 0.310 e. The molecule has 0 N–H and O–H groups in total. The van der Waals surface area contributed by atoms with Crippen LogP contribution in [-0.2, 0) is 20.7 Å². The summed E-state index contributed by atoms with van der Waals surface area (Å²) in [6.07, 6.45) is 2.02. The van der Waals surface area contributed by atoms with Crippen LogP contribution in [-0.4, -0.2) is 37.0 Å². The molecule has 0 aliphatic carbocycles. The van der Waals surface area contributed by atoms with E-state index in [0.717, 1.165) is 4.88 Å². The van der Waals surface area contributed by atoms with Crippen molar-refractivity contribution in [3.05, 3.63) is 35.0 Å². The molecule has 5 heteroatoms. The second-order valence-corrected chi connectivity index (χ2v) is 5.30. The van der Waals surface area contributed by atoms with E-state index in [0.29, 0.717) is 19.5 Å². The van der Waals surface area contributed by atoms with E-state index in [9.17, 15) is 9.59 Å². The molecule has 19 heavy (non-hydrogen) atoms. The van der Waals surface area contributed by atoms with Crippen LogP contribution < -0.4 is 0 Å². The second kappa shape index (κ2) is 7.74. The quantitative estimate of drug-likeness (QED) is 0.568. The van der Waals surface area contributed by atoms with E-state index < -0.39 is 0 Å². The van der Waals surface area contributed by atoms with E-state index in [1.54, 1.807) is 29.2 Å². The average molecular weight is 281 g/mol. The Morgan fingerprint density at radius 3 is 2.84 bits per heavy atom. The predicted molar refractivity (Wildman–Crippen MR) is 76.0 cm³/mol. The van der Waals surface area contributed by atoms with Gasteiger partial charge in [-0.25, -0.2) is 0 Å². The van der Waals surface area contributed by atoms with Crippen molar-refractivity contribution >= 4 is 23.2 Å². The van der Waals surface area contributed by atoms with Gasteiger partial charge in [-0.3, -0.25) is 9.59 Å². The van der Waals surface area contributed by atoms with Gasteiger partial charge in [0, 0.05) is 18.0 Å². The number of nitrogens with zero attached hydrogens (tertiary/aromatic N) is 1. The minimum absolute atomic E-state index is 0.00176. The van der Waals surface area contributed by atoms with Crippen LogP contribution in [0.15, 0.2) is 30.2 Å². The maximum atomic E-state index is 12.2. The van der Waals surface area contributed by atoms with E-state index >= 15 is 0 Å². The monoisotopic (exact) mass is 281 g/mol. The minimum Gasteiger partial charge on any atom is -0.469 e. The van der Waals surface area contributed by atoms with Gasteiger partial charge in [0.05, 0.1) is 19.4 Å². The summed E-state index contributed by atoms with van der Waals surface area (Å²) in [4.78, 5) is 26.2. The second-order valence-electron chi connectivity index (χ2n) is 4.27. The van der Waals surface area contributed by atoms with Gasteiger partial charge in [-0.1, -0.05) is 19.1 Å². The Kier molecular flexibility index (Phi) is 6.29. The number of amides is 1. The number of methoxy groups -OCH3 is 1. The average Bonchev–Trinajstić information content (AvgIpc) is 2.89. The molecule has 4 nitrogen and oxygen atoms in total. The van der Waals surface area contributed by atoms with Gasteiger partial charge >= 0.3 is 5.97 Å². The smallest absolute Gasteiger partial charge is 0.310 e. The minimum atomic E-state index is -0.336. The van der Waals surface area contributed by atoms with Crippen molar-refractivity contribution in [2.75, 3.05) is 20.2 Å². The molecule has 0 aliphatic heterocycles. The predicted octanol–water partition coefficient (Wildman–Crippen LogP) is 2.11. The van der Waals surface area contributed by atoms with Gasteiger partial charge in [0.2, 0.25) is 5.91 Å². The van der Waals surface area contributed by atoms with Crippen molar-refractivity contribution in [3.63, 3.8) is 0 Å². The zero-order valence-corrected chi connectivity index (χ0v) is 12.1. The van der Waals surface area contributed by atoms with Gasteiger partial charge in [0.15, 0.2) is 0 Å². The van der Waals surface area contributed by atoms with Crippen LogP contribution in [0.5, 0.6) is 0 Å². The Labute approximate surface area is 117 Å². The molecular weight excluding hydrogens is 262 g/mol. The largest absolute Gasteiger partial charge is 0.469 e. The van der Waals surface area contributed by atoms with Crippen LogP contribution >= 0.6 is 11.3 Å². The lowest BCUT2D eigenvalue weighted by molar-refractivity contribution is -0.146. The fourth-order valence-electron chi connectivity index (χ4n) is 1.71. The molecular formula is C14H19NO3S. The third kappa shape index (κ3) is 4.87. The van der Waals surface area contributed by atoms with Crippen LogP contribution in [0.4, 0.5) is 0 Å². The number of ether oxygens (including phenoxy) is 1. The van der Waals surface area contributed by atoms with Gasteiger partial charge in [0.1, 0.15) is 0 Å². The SMILES string of the molecule is C=CCN(CC(C)C(=O)OC)C(=O)Cc1cccs1. The molecule has 0 radical (unpaired) electrons. The van der Waals surface area contributed by atoms with Crippen LogP contribution in [0.25, 0.3) is 0 Å². The van der Waals surface area contributed by atoms with Crippen LogP contribution in [0.1, 0.15) is 11.8 Å². The molecule has 1 heterocycles. The third-order valence-electron chi connectivity index (χ3n) is 2.71. The van der Waals surface area contributed by atoms with Gasteiger partial charge in [0.25, 0.3) is 0 Å². The summed E-state index contributed by atoms with van der Waals surface area (Å²) in [7, 11) is 1.35. The fourth-order valence-corrected chi connectivity index (χ4v) is 2.41. The lowest BCUT2D eigenvalue weighted by Crippen LogP contribution is -2.38. The van der Waals surface area contributed by atoms with E-state index in [1.807, 2.05) is 17.5 Å². The van der Waals surface area contributed by atoms with Crippen molar-refractivity contribution in [2.24, 2.45) is 5.92 Å². The topological polar surface area (TPSA) is 46.6 Å². The molecule has 0 fully saturated rings. The highest BCUT2D eigenvalue weighted by Crippen LogP contribution is 2.12. The van der Waals surface area contributed by atoms with E-state index in [1.165, 1.54) is 7.11 Å². The summed E-state index contributed by atoms with van der Waals surface area (Å²) >= 11 is 1.55. The number of rotatable bonds is 7. The molecule has 1 aromatic heterocycles. The molecule has 1 atom stereocenters. The summed E-state index contributed by atoms with van der Waals surface area (Å²) in [5.74, 6) is -0.645. The molecule has 0 saturated carbocycles. The zero-order valence-electron chi connectivity index (χ0n) is 11.3. The van der Waals surface area contributed by atoms with Crippen molar-refractivity contribution in [3.8, 4) is 0 Å². The summed E-state index contributed by atoms with van der Waals surface area (Å²) in [5, 5.41) is 1.94. The first-order chi connectivity index (χ1) is 9.08. The molecule has 1 rings (SSSR count). The highest BCUT2D eigenvalue weighted by molar-refractivity contribution is 7.10. The van der Waals surface area contributed by atoms with Gasteiger partial charge in [-0.2, -0.15) is 0 Å². The van der Waals surface area contributed by atoms with E-state index in [2.05, 4.69) is 11.3 Å². The number of hydrogen-bond acceptors (Lipinski definition) is 4. The Bertz CT molecular complexity index is 428. The van der Waals surface area contributed by atoms with Gasteiger partial charge in [-0.15, -0.1) is 17.9 Å². The van der Waals surface area contributed by atoms with Crippen molar-refractivity contribution in [2.45, 2.75) is 13.3 Å². The van der Waals surface area contributed by atoms with E-state index in [4.69, 9.17) is 0 Å². The Balaban J connectivity index is 2.62. The lowest BCUT2D eigenvalue weighted by atomic mass is 10.1. The summed E-state index contributed by atoms with van der Waals surface area (Å²) in [6.45, 7) is 6.18. The molecule has 1 unspecified atom stereocenters. The Morgan fingerprint density at radius 2 is 2.32 bits per heavy atom. The molecule has 0 spiro atoms. The van der Waals surface area contributed by atoms with E-state index in [-0.39, 0.29) is 17.8 Å². The number of carbonyl (C=O) groups excluding carboxylic acids is 2. The first-order valence-corrected chi connectivity index (χ1v) is 6.95.